The molecule has 0 saturated carbocycles. The topological polar surface area (TPSA) is 80.6 Å². The van der Waals surface area contributed by atoms with Gasteiger partial charge in [-0.2, -0.15) is 0 Å². The molecule has 6 nitrogen and oxygen atoms in total. The van der Waals surface area contributed by atoms with Gasteiger partial charge in [0.05, 0.1) is 0 Å². The van der Waals surface area contributed by atoms with Gasteiger partial charge in [0.2, 0.25) is 0 Å². The van der Waals surface area contributed by atoms with Crippen LogP contribution in [0.1, 0.15) is 42.5 Å². The van der Waals surface area contributed by atoms with Crippen LogP contribution in [0.3, 0.4) is 0 Å². The summed E-state index contributed by atoms with van der Waals surface area (Å²) in [7, 11) is 0. The minimum Gasteiger partial charge on any atom is -0.484 e. The van der Waals surface area contributed by atoms with Crippen molar-refractivity contribution in [2.45, 2.75) is 33.1 Å². The number of amides is 2. The lowest BCUT2D eigenvalue weighted by atomic mass is 9.87. The first kappa shape index (κ1) is 23.1. The van der Waals surface area contributed by atoms with Crippen LogP contribution in [-0.4, -0.2) is 18.4 Å². The third-order valence-electron chi connectivity index (χ3n) is 5.50. The lowest BCUT2D eigenvalue weighted by molar-refractivity contribution is -0.118. The summed E-state index contributed by atoms with van der Waals surface area (Å²) in [5, 5.41) is 6.55. The molecule has 6 heteroatoms. The number of para-hydroxylation sites is 1. The van der Waals surface area contributed by atoms with E-state index in [4.69, 9.17) is 9.15 Å². The molecule has 0 aliphatic carbocycles. The van der Waals surface area contributed by atoms with E-state index in [2.05, 4.69) is 31.4 Å². The normalized spacial score (nSPS) is 11.3. The van der Waals surface area contributed by atoms with Crippen molar-refractivity contribution < 1.29 is 18.7 Å². The summed E-state index contributed by atoms with van der Waals surface area (Å²) in [5.74, 6) is 0.286. The SMILES string of the molecule is Cc1cc(NC(=O)COc2ccc(C(C)(C)C)cc2)ccc1NC(=O)c1cc2ccccc2o1. The van der Waals surface area contributed by atoms with Gasteiger partial charge < -0.3 is 19.8 Å². The molecule has 2 amide bonds. The summed E-state index contributed by atoms with van der Waals surface area (Å²) in [6.45, 7) is 8.20. The molecule has 0 aliphatic rings. The Morgan fingerprint density at radius 1 is 0.912 bits per heavy atom. The first-order chi connectivity index (χ1) is 16.2. The van der Waals surface area contributed by atoms with Gasteiger partial charge in [0, 0.05) is 16.8 Å². The van der Waals surface area contributed by atoms with Crippen LogP contribution in [0.4, 0.5) is 11.4 Å². The van der Waals surface area contributed by atoms with Crippen LogP contribution in [0.2, 0.25) is 0 Å². The summed E-state index contributed by atoms with van der Waals surface area (Å²) in [4.78, 5) is 24.9. The zero-order valence-corrected chi connectivity index (χ0v) is 19.8. The smallest absolute Gasteiger partial charge is 0.291 e. The van der Waals surface area contributed by atoms with Crippen molar-refractivity contribution in [1.82, 2.24) is 0 Å². The Morgan fingerprint density at radius 2 is 1.65 bits per heavy atom. The number of anilines is 2. The average molecular weight is 457 g/mol. The molecule has 4 rings (SSSR count). The minimum absolute atomic E-state index is 0.0610. The third-order valence-corrected chi connectivity index (χ3v) is 5.50. The van der Waals surface area contributed by atoms with Gasteiger partial charge in [-0.05, 0) is 65.9 Å². The number of hydrogen-bond acceptors (Lipinski definition) is 4. The fraction of sp³-hybridized carbons (Fsp3) is 0.214. The minimum atomic E-state index is -0.332. The van der Waals surface area contributed by atoms with E-state index in [9.17, 15) is 9.59 Å². The molecule has 4 aromatic rings. The Hall–Kier alpha value is -4.06. The second kappa shape index (κ2) is 9.43. The molecule has 0 saturated heterocycles. The predicted molar refractivity (Wildman–Crippen MR) is 135 cm³/mol. The van der Waals surface area contributed by atoms with Crippen LogP contribution in [0.15, 0.2) is 77.2 Å². The Kier molecular flexibility index (Phi) is 6.41. The van der Waals surface area contributed by atoms with Crippen LogP contribution in [0.5, 0.6) is 5.75 Å². The molecule has 2 N–H and O–H groups in total. The van der Waals surface area contributed by atoms with Crippen LogP contribution < -0.4 is 15.4 Å². The number of fused-ring (bicyclic) bond motifs is 1. The monoisotopic (exact) mass is 456 g/mol. The fourth-order valence-electron chi connectivity index (χ4n) is 3.56. The van der Waals surface area contributed by atoms with E-state index in [1.165, 1.54) is 5.56 Å². The molecule has 0 bridgehead atoms. The second-order valence-corrected chi connectivity index (χ2v) is 9.24. The molecule has 3 aromatic carbocycles. The average Bonchev–Trinajstić information content (AvgIpc) is 3.24. The van der Waals surface area contributed by atoms with E-state index in [-0.39, 0.29) is 29.6 Å². The van der Waals surface area contributed by atoms with E-state index in [0.29, 0.717) is 22.7 Å². The molecule has 0 unspecified atom stereocenters. The van der Waals surface area contributed by atoms with E-state index in [0.717, 1.165) is 10.9 Å². The predicted octanol–water partition coefficient (Wildman–Crippen LogP) is 6.31. The number of nitrogens with one attached hydrogen (secondary N) is 2. The third kappa shape index (κ3) is 5.46. The highest BCUT2D eigenvalue weighted by molar-refractivity contribution is 6.05. The molecular weight excluding hydrogens is 428 g/mol. The quantitative estimate of drug-likeness (QED) is 0.356. The number of ether oxygens (including phenoxy) is 1. The number of furan rings is 1. The molecule has 0 fully saturated rings. The molecule has 1 aromatic heterocycles. The largest absolute Gasteiger partial charge is 0.484 e. The highest BCUT2D eigenvalue weighted by Gasteiger charge is 2.15. The number of carbonyl (C=O) groups excluding carboxylic acids is 2. The Morgan fingerprint density at radius 3 is 2.32 bits per heavy atom. The number of benzene rings is 3. The highest BCUT2D eigenvalue weighted by atomic mass is 16.5. The van der Waals surface area contributed by atoms with Crippen LogP contribution in [0, 0.1) is 6.92 Å². The first-order valence-electron chi connectivity index (χ1n) is 11.1. The van der Waals surface area contributed by atoms with Crippen molar-refractivity contribution in [1.29, 1.82) is 0 Å². The van der Waals surface area contributed by atoms with Crippen molar-refractivity contribution in [3.05, 3.63) is 89.7 Å². The fourth-order valence-corrected chi connectivity index (χ4v) is 3.56. The second-order valence-electron chi connectivity index (χ2n) is 9.24. The van der Waals surface area contributed by atoms with Gasteiger partial charge in [-0.25, -0.2) is 0 Å². The summed E-state index contributed by atoms with van der Waals surface area (Å²) in [5.41, 5.74) is 3.99. The van der Waals surface area contributed by atoms with E-state index < -0.39 is 0 Å². The maximum atomic E-state index is 12.6. The molecule has 0 radical (unpaired) electrons. The first-order valence-corrected chi connectivity index (χ1v) is 11.1. The number of hydrogen-bond donors (Lipinski definition) is 2. The van der Waals surface area contributed by atoms with Crippen LogP contribution in [0.25, 0.3) is 11.0 Å². The Balaban J connectivity index is 1.33. The van der Waals surface area contributed by atoms with Crippen LogP contribution >= 0.6 is 0 Å². The summed E-state index contributed by atoms with van der Waals surface area (Å²) in [6, 6.07) is 22.2. The molecule has 1 heterocycles. The maximum Gasteiger partial charge on any atom is 0.291 e. The summed E-state index contributed by atoms with van der Waals surface area (Å²) < 4.78 is 11.2. The van der Waals surface area contributed by atoms with Gasteiger partial charge in [0.25, 0.3) is 11.8 Å². The molecule has 34 heavy (non-hydrogen) atoms. The van der Waals surface area contributed by atoms with Crippen molar-refractivity contribution in [2.75, 3.05) is 17.2 Å². The van der Waals surface area contributed by atoms with Gasteiger partial charge in [-0.1, -0.05) is 51.1 Å². The van der Waals surface area contributed by atoms with Crippen molar-refractivity contribution in [2.24, 2.45) is 0 Å². The molecule has 174 valence electrons. The lowest BCUT2D eigenvalue weighted by Gasteiger charge is -2.19. The van der Waals surface area contributed by atoms with E-state index in [1.807, 2.05) is 55.5 Å². The number of carbonyl (C=O) groups is 2. The Bertz CT molecular complexity index is 1300. The standard InChI is InChI=1S/C28H28N2O4/c1-18-15-21(29-26(31)17-33-22-12-9-20(10-13-22)28(2,3)4)11-14-23(18)30-27(32)25-16-19-7-5-6-8-24(19)34-25/h5-16H,17H2,1-4H3,(H,29,31)(H,30,32). The summed E-state index contributed by atoms with van der Waals surface area (Å²) >= 11 is 0. The van der Waals surface area contributed by atoms with Gasteiger partial charge in [0.15, 0.2) is 12.4 Å². The van der Waals surface area contributed by atoms with Crippen molar-refractivity contribution in [3.8, 4) is 5.75 Å². The van der Waals surface area contributed by atoms with Crippen molar-refractivity contribution >= 4 is 34.2 Å². The molecular formula is C28H28N2O4. The van der Waals surface area contributed by atoms with E-state index >= 15 is 0 Å². The van der Waals surface area contributed by atoms with Crippen LogP contribution in [-0.2, 0) is 10.2 Å². The van der Waals surface area contributed by atoms with Gasteiger partial charge in [-0.15, -0.1) is 0 Å². The molecule has 0 atom stereocenters. The van der Waals surface area contributed by atoms with E-state index in [1.54, 1.807) is 24.3 Å². The van der Waals surface area contributed by atoms with Gasteiger partial charge >= 0.3 is 0 Å². The maximum absolute atomic E-state index is 12.6. The van der Waals surface area contributed by atoms with Gasteiger partial charge in [-0.3, -0.25) is 9.59 Å². The summed E-state index contributed by atoms with van der Waals surface area (Å²) in [6.07, 6.45) is 0. The highest BCUT2D eigenvalue weighted by Crippen LogP contribution is 2.25. The Labute approximate surface area is 198 Å². The zero-order chi connectivity index (χ0) is 24.3. The number of rotatable bonds is 6. The molecule has 0 aliphatic heterocycles. The lowest BCUT2D eigenvalue weighted by Crippen LogP contribution is -2.20. The molecule has 0 spiro atoms. The van der Waals surface area contributed by atoms with Gasteiger partial charge in [0.1, 0.15) is 11.3 Å². The van der Waals surface area contributed by atoms with Crippen molar-refractivity contribution in [3.63, 3.8) is 0 Å². The zero-order valence-electron chi connectivity index (χ0n) is 19.8. The number of aryl methyl sites for hydroxylation is 1.